The van der Waals surface area contributed by atoms with Crippen LogP contribution in [0.1, 0.15) is 36.0 Å². The van der Waals surface area contributed by atoms with Gasteiger partial charge in [-0.3, -0.25) is 5.32 Å². The molecule has 21 heavy (non-hydrogen) atoms. The van der Waals surface area contributed by atoms with Crippen LogP contribution in [0.3, 0.4) is 0 Å². The summed E-state index contributed by atoms with van der Waals surface area (Å²) in [6, 6.07) is 1.76. The van der Waals surface area contributed by atoms with Gasteiger partial charge in [0.25, 0.3) is 0 Å². The Kier molecular flexibility index (Phi) is 3.87. The SMILES string of the molecule is Cc1ccnc2sc(C(=O)O)c(NC(=O)OC(C)(C)C)c12. The molecule has 0 atom stereocenters. The molecule has 2 aromatic heterocycles. The van der Waals surface area contributed by atoms with E-state index in [1.54, 1.807) is 33.0 Å². The first kappa shape index (κ1) is 15.2. The molecule has 0 fully saturated rings. The van der Waals surface area contributed by atoms with Gasteiger partial charge in [-0.15, -0.1) is 11.3 Å². The number of aromatic nitrogens is 1. The maximum atomic E-state index is 11.9. The van der Waals surface area contributed by atoms with E-state index in [1.165, 1.54) is 0 Å². The lowest BCUT2D eigenvalue weighted by atomic mass is 10.1. The number of carbonyl (C=O) groups is 2. The second-order valence-electron chi connectivity index (χ2n) is 5.55. The fourth-order valence-electron chi connectivity index (χ4n) is 1.85. The number of nitrogens with one attached hydrogen (secondary N) is 1. The maximum Gasteiger partial charge on any atom is 0.412 e. The quantitative estimate of drug-likeness (QED) is 0.884. The molecule has 6 nitrogen and oxygen atoms in total. The summed E-state index contributed by atoms with van der Waals surface area (Å²) in [4.78, 5) is 28.0. The van der Waals surface area contributed by atoms with Gasteiger partial charge in [-0.2, -0.15) is 0 Å². The first-order chi connectivity index (χ1) is 9.69. The average Bonchev–Trinajstić information content (AvgIpc) is 2.67. The van der Waals surface area contributed by atoms with E-state index in [-0.39, 0.29) is 10.6 Å². The van der Waals surface area contributed by atoms with Crippen LogP contribution in [0.2, 0.25) is 0 Å². The second-order valence-corrected chi connectivity index (χ2v) is 6.55. The molecule has 7 heteroatoms. The minimum atomic E-state index is -1.11. The van der Waals surface area contributed by atoms with Crippen LogP contribution in [0.15, 0.2) is 12.3 Å². The van der Waals surface area contributed by atoms with Gasteiger partial charge >= 0.3 is 12.1 Å². The van der Waals surface area contributed by atoms with Crippen LogP contribution in [0, 0.1) is 6.92 Å². The highest BCUT2D eigenvalue weighted by atomic mass is 32.1. The number of anilines is 1. The topological polar surface area (TPSA) is 88.5 Å². The zero-order valence-corrected chi connectivity index (χ0v) is 13.0. The van der Waals surface area contributed by atoms with Crippen molar-refractivity contribution in [3.05, 3.63) is 22.7 Å². The van der Waals surface area contributed by atoms with Gasteiger partial charge in [0.2, 0.25) is 0 Å². The van der Waals surface area contributed by atoms with Gasteiger partial charge in [0.15, 0.2) is 0 Å². The van der Waals surface area contributed by atoms with E-state index in [9.17, 15) is 14.7 Å². The van der Waals surface area contributed by atoms with Crippen LogP contribution in [0.25, 0.3) is 10.2 Å². The van der Waals surface area contributed by atoms with E-state index in [2.05, 4.69) is 10.3 Å². The number of hydrogen-bond acceptors (Lipinski definition) is 5. The van der Waals surface area contributed by atoms with E-state index in [0.29, 0.717) is 10.2 Å². The first-order valence-electron chi connectivity index (χ1n) is 6.30. The third kappa shape index (κ3) is 3.30. The van der Waals surface area contributed by atoms with Crippen molar-refractivity contribution in [2.75, 3.05) is 5.32 Å². The largest absolute Gasteiger partial charge is 0.477 e. The Bertz CT molecular complexity index is 716. The van der Waals surface area contributed by atoms with Gasteiger partial charge in [-0.05, 0) is 39.3 Å². The van der Waals surface area contributed by atoms with Crippen LogP contribution in [0.5, 0.6) is 0 Å². The van der Waals surface area contributed by atoms with Gasteiger partial charge < -0.3 is 9.84 Å². The molecule has 0 unspecified atom stereocenters. The number of rotatable bonds is 2. The van der Waals surface area contributed by atoms with Crippen molar-refractivity contribution in [2.45, 2.75) is 33.3 Å². The highest BCUT2D eigenvalue weighted by molar-refractivity contribution is 7.21. The molecular formula is C14H16N2O4S. The number of fused-ring (bicyclic) bond motifs is 1. The molecular weight excluding hydrogens is 292 g/mol. The van der Waals surface area contributed by atoms with E-state index in [4.69, 9.17) is 4.74 Å². The highest BCUT2D eigenvalue weighted by Gasteiger charge is 2.24. The Morgan fingerprint density at radius 1 is 1.38 bits per heavy atom. The molecule has 0 radical (unpaired) electrons. The van der Waals surface area contributed by atoms with E-state index in [0.717, 1.165) is 16.9 Å². The highest BCUT2D eigenvalue weighted by Crippen LogP contribution is 2.36. The van der Waals surface area contributed by atoms with Gasteiger partial charge in [0.1, 0.15) is 15.3 Å². The van der Waals surface area contributed by atoms with E-state index >= 15 is 0 Å². The lowest BCUT2D eigenvalue weighted by molar-refractivity contribution is 0.0636. The fourth-order valence-corrected chi connectivity index (χ4v) is 2.87. The third-order valence-corrected chi connectivity index (χ3v) is 3.71. The predicted octanol–water partition coefficient (Wildman–Crippen LogP) is 3.65. The molecule has 0 aromatic carbocycles. The minimum absolute atomic E-state index is 0.0395. The van der Waals surface area contributed by atoms with Crippen molar-refractivity contribution in [1.82, 2.24) is 4.98 Å². The summed E-state index contributed by atoms with van der Waals surface area (Å²) < 4.78 is 5.18. The van der Waals surface area contributed by atoms with Crippen LogP contribution >= 0.6 is 11.3 Å². The van der Waals surface area contributed by atoms with Crippen molar-refractivity contribution in [3.8, 4) is 0 Å². The number of hydrogen-bond donors (Lipinski definition) is 2. The van der Waals surface area contributed by atoms with Crippen molar-refractivity contribution >= 4 is 39.3 Å². The van der Waals surface area contributed by atoms with Crippen LogP contribution in [0.4, 0.5) is 10.5 Å². The molecule has 2 aromatic rings. The summed E-state index contributed by atoms with van der Waals surface area (Å²) in [5.74, 6) is -1.11. The third-order valence-electron chi connectivity index (χ3n) is 2.62. The van der Waals surface area contributed by atoms with E-state index < -0.39 is 17.7 Å². The minimum Gasteiger partial charge on any atom is -0.477 e. The Labute approximate surface area is 125 Å². The zero-order valence-electron chi connectivity index (χ0n) is 12.2. The number of carboxylic acids is 1. The number of nitrogens with zero attached hydrogens (tertiary/aromatic N) is 1. The number of aryl methyl sites for hydroxylation is 1. The van der Waals surface area contributed by atoms with Crippen molar-refractivity contribution < 1.29 is 19.4 Å². The summed E-state index contributed by atoms with van der Waals surface area (Å²) in [6.45, 7) is 7.05. The molecule has 2 heterocycles. The van der Waals surface area contributed by atoms with E-state index in [1.807, 2.05) is 6.92 Å². The van der Waals surface area contributed by atoms with Gasteiger partial charge in [-0.25, -0.2) is 14.6 Å². The summed E-state index contributed by atoms with van der Waals surface area (Å²) in [7, 11) is 0. The number of ether oxygens (including phenoxy) is 1. The zero-order chi connectivity index (χ0) is 15.8. The Hall–Kier alpha value is -2.15. The number of thiophene rings is 1. The molecule has 1 amide bonds. The molecule has 0 aliphatic carbocycles. The molecule has 0 aliphatic heterocycles. The monoisotopic (exact) mass is 308 g/mol. The number of carbonyl (C=O) groups excluding carboxylic acids is 1. The maximum absolute atomic E-state index is 11.9. The molecule has 0 bridgehead atoms. The Balaban J connectivity index is 2.48. The molecule has 0 saturated heterocycles. The van der Waals surface area contributed by atoms with Crippen LogP contribution < -0.4 is 5.32 Å². The number of aromatic carboxylic acids is 1. The smallest absolute Gasteiger partial charge is 0.412 e. The lowest BCUT2D eigenvalue weighted by Crippen LogP contribution is -2.27. The Morgan fingerprint density at radius 2 is 2.05 bits per heavy atom. The summed E-state index contributed by atoms with van der Waals surface area (Å²) in [6.07, 6.45) is 0.921. The second kappa shape index (κ2) is 5.33. The number of amides is 1. The fraction of sp³-hybridized carbons (Fsp3) is 0.357. The average molecular weight is 308 g/mol. The van der Waals surface area contributed by atoms with Crippen LogP contribution in [-0.4, -0.2) is 27.8 Å². The molecule has 0 saturated carbocycles. The number of carboxylic acid groups (broad SMARTS) is 1. The predicted molar refractivity (Wildman–Crippen MR) is 81.2 cm³/mol. The lowest BCUT2D eigenvalue weighted by Gasteiger charge is -2.19. The molecule has 2 rings (SSSR count). The summed E-state index contributed by atoms with van der Waals surface area (Å²) in [5, 5.41) is 12.5. The molecule has 0 spiro atoms. The molecule has 0 aliphatic rings. The van der Waals surface area contributed by atoms with Crippen molar-refractivity contribution in [1.29, 1.82) is 0 Å². The standard InChI is InChI=1S/C14H16N2O4S/c1-7-5-6-15-11-8(7)9(10(21-11)12(17)18)16-13(19)20-14(2,3)4/h5-6H,1-4H3,(H,16,19)(H,17,18). The van der Waals surface area contributed by atoms with Crippen molar-refractivity contribution in [2.24, 2.45) is 0 Å². The van der Waals surface area contributed by atoms with Crippen molar-refractivity contribution in [3.63, 3.8) is 0 Å². The Morgan fingerprint density at radius 3 is 2.62 bits per heavy atom. The summed E-state index contributed by atoms with van der Waals surface area (Å²) in [5.41, 5.74) is 0.421. The molecule has 2 N–H and O–H groups in total. The molecule has 112 valence electrons. The van der Waals surface area contributed by atoms with Gasteiger partial charge in [-0.1, -0.05) is 0 Å². The van der Waals surface area contributed by atoms with Gasteiger partial charge in [0.05, 0.1) is 5.69 Å². The number of pyridine rings is 1. The first-order valence-corrected chi connectivity index (χ1v) is 7.12. The van der Waals surface area contributed by atoms with Gasteiger partial charge in [0, 0.05) is 11.6 Å². The van der Waals surface area contributed by atoms with Crippen LogP contribution in [-0.2, 0) is 4.74 Å². The summed E-state index contributed by atoms with van der Waals surface area (Å²) >= 11 is 1.03. The normalized spacial score (nSPS) is 11.4.